The topological polar surface area (TPSA) is 66.4 Å². The summed E-state index contributed by atoms with van der Waals surface area (Å²) in [6.45, 7) is 0. The van der Waals surface area contributed by atoms with Crippen LogP contribution >= 0.6 is 0 Å². The lowest BCUT2D eigenvalue weighted by molar-refractivity contribution is -0.137. The molecule has 0 unspecified atom stereocenters. The van der Waals surface area contributed by atoms with Gasteiger partial charge in [0.25, 0.3) is 0 Å². The number of rotatable bonds is 7. The van der Waals surface area contributed by atoms with Crippen molar-refractivity contribution in [3.63, 3.8) is 0 Å². The minimum Gasteiger partial charge on any atom is -0.481 e. The van der Waals surface area contributed by atoms with Crippen LogP contribution in [0.2, 0.25) is 0 Å². The maximum atomic E-state index is 12.8. The Morgan fingerprint density at radius 2 is 1.64 bits per heavy atom. The quantitative estimate of drug-likeness (QED) is 0.801. The highest BCUT2D eigenvalue weighted by Gasteiger charge is 2.43. The molecular weight excluding hydrogens is 314 g/mol. The van der Waals surface area contributed by atoms with Crippen molar-refractivity contribution in [2.24, 2.45) is 5.41 Å². The first-order valence-corrected chi connectivity index (χ1v) is 8.74. The van der Waals surface area contributed by atoms with Crippen molar-refractivity contribution in [3.8, 4) is 0 Å². The molecule has 1 saturated carbocycles. The van der Waals surface area contributed by atoms with Gasteiger partial charge in [0.1, 0.15) is 0 Å². The Bertz CT molecular complexity index is 733. The molecule has 4 heteroatoms. The smallest absolute Gasteiger partial charge is 0.303 e. The van der Waals surface area contributed by atoms with Gasteiger partial charge in [-0.25, -0.2) is 0 Å². The van der Waals surface area contributed by atoms with Crippen molar-refractivity contribution < 1.29 is 14.7 Å². The van der Waals surface area contributed by atoms with E-state index >= 15 is 0 Å². The van der Waals surface area contributed by atoms with E-state index in [1.54, 1.807) is 0 Å². The number of carboxylic acid groups (broad SMARTS) is 1. The Kier molecular flexibility index (Phi) is 5.17. The number of hydrogen-bond acceptors (Lipinski definition) is 2. The van der Waals surface area contributed by atoms with Crippen LogP contribution in [0.25, 0.3) is 0 Å². The third-order valence-corrected chi connectivity index (χ3v) is 5.02. The molecule has 0 atom stereocenters. The molecule has 0 bridgehead atoms. The van der Waals surface area contributed by atoms with Crippen LogP contribution < -0.4 is 5.32 Å². The van der Waals surface area contributed by atoms with Crippen LogP contribution in [-0.2, 0) is 22.4 Å². The minimum atomic E-state index is -0.801. The van der Waals surface area contributed by atoms with Gasteiger partial charge < -0.3 is 10.4 Å². The van der Waals surface area contributed by atoms with Gasteiger partial charge in [-0.1, -0.05) is 48.9 Å². The number of carboxylic acids is 1. The highest BCUT2D eigenvalue weighted by molar-refractivity contribution is 5.96. The van der Waals surface area contributed by atoms with Crippen LogP contribution in [0, 0.1) is 5.41 Å². The predicted octanol–water partition coefficient (Wildman–Crippen LogP) is 4.06. The third kappa shape index (κ3) is 4.27. The fourth-order valence-electron chi connectivity index (χ4n) is 3.34. The van der Waals surface area contributed by atoms with E-state index in [2.05, 4.69) is 17.4 Å². The van der Waals surface area contributed by atoms with E-state index in [1.165, 1.54) is 5.56 Å². The molecule has 1 aliphatic rings. The first-order chi connectivity index (χ1) is 12.1. The fraction of sp³-hybridized carbons (Fsp3) is 0.333. The zero-order valence-electron chi connectivity index (χ0n) is 14.2. The van der Waals surface area contributed by atoms with Gasteiger partial charge in [-0.3, -0.25) is 9.59 Å². The standard InChI is InChI=1S/C21H23NO3/c23-19(24)12-9-16-7-10-18(11-8-16)22-20(25)21(13-4-14-21)15-17-5-2-1-3-6-17/h1-3,5-8,10-11H,4,9,12-15H2,(H,22,25)(H,23,24). The number of hydrogen-bond donors (Lipinski definition) is 2. The van der Waals surface area contributed by atoms with Crippen LogP contribution in [0.5, 0.6) is 0 Å². The van der Waals surface area contributed by atoms with Crippen LogP contribution in [-0.4, -0.2) is 17.0 Å². The zero-order chi connectivity index (χ0) is 17.7. The molecule has 25 heavy (non-hydrogen) atoms. The third-order valence-electron chi connectivity index (χ3n) is 5.02. The van der Waals surface area contributed by atoms with Gasteiger partial charge >= 0.3 is 5.97 Å². The number of benzene rings is 2. The maximum absolute atomic E-state index is 12.8. The number of anilines is 1. The number of nitrogens with one attached hydrogen (secondary N) is 1. The van der Waals surface area contributed by atoms with Crippen molar-refractivity contribution in [2.75, 3.05) is 5.32 Å². The van der Waals surface area contributed by atoms with E-state index in [0.29, 0.717) is 6.42 Å². The van der Waals surface area contributed by atoms with Crippen molar-refractivity contribution in [1.29, 1.82) is 0 Å². The minimum absolute atomic E-state index is 0.0842. The lowest BCUT2D eigenvalue weighted by atomic mass is 9.64. The summed E-state index contributed by atoms with van der Waals surface area (Å²) in [4.78, 5) is 23.5. The molecule has 1 amide bonds. The van der Waals surface area contributed by atoms with Gasteiger partial charge in [-0.15, -0.1) is 0 Å². The average molecular weight is 337 g/mol. The average Bonchev–Trinajstić information content (AvgIpc) is 2.58. The predicted molar refractivity (Wildman–Crippen MR) is 97.5 cm³/mol. The number of aliphatic carboxylic acids is 1. The summed E-state index contributed by atoms with van der Waals surface area (Å²) >= 11 is 0. The summed E-state index contributed by atoms with van der Waals surface area (Å²) in [5.74, 6) is -0.717. The number of carbonyl (C=O) groups excluding carboxylic acids is 1. The fourth-order valence-corrected chi connectivity index (χ4v) is 3.34. The summed E-state index contributed by atoms with van der Waals surface area (Å²) in [5.41, 5.74) is 2.62. The van der Waals surface area contributed by atoms with E-state index in [4.69, 9.17) is 5.11 Å². The Morgan fingerprint density at radius 1 is 0.960 bits per heavy atom. The summed E-state index contributed by atoms with van der Waals surface area (Å²) in [5, 5.41) is 11.8. The van der Waals surface area contributed by atoms with Gasteiger partial charge in [0, 0.05) is 12.1 Å². The number of carbonyl (C=O) groups is 2. The molecule has 1 fully saturated rings. The summed E-state index contributed by atoms with van der Waals surface area (Å²) < 4.78 is 0. The molecule has 0 radical (unpaired) electrons. The molecular formula is C21H23NO3. The van der Waals surface area contributed by atoms with Gasteiger partial charge in [-0.2, -0.15) is 0 Å². The lowest BCUT2D eigenvalue weighted by Crippen LogP contribution is -2.43. The Labute approximate surface area is 147 Å². The second kappa shape index (κ2) is 7.51. The molecule has 0 aliphatic heterocycles. The van der Waals surface area contributed by atoms with Crippen molar-refractivity contribution in [1.82, 2.24) is 0 Å². The lowest BCUT2D eigenvalue weighted by Gasteiger charge is -2.40. The summed E-state index contributed by atoms with van der Waals surface area (Å²) in [6, 6.07) is 17.6. The van der Waals surface area contributed by atoms with Gasteiger partial charge in [-0.05, 0) is 48.9 Å². The van der Waals surface area contributed by atoms with Crippen LogP contribution in [0.1, 0.15) is 36.8 Å². The molecule has 4 nitrogen and oxygen atoms in total. The molecule has 2 aromatic rings. The molecule has 1 aliphatic carbocycles. The Hall–Kier alpha value is -2.62. The Balaban J connectivity index is 1.63. The molecule has 0 heterocycles. The second-order valence-corrected chi connectivity index (χ2v) is 6.84. The van der Waals surface area contributed by atoms with E-state index in [0.717, 1.165) is 36.9 Å². The molecule has 2 aromatic carbocycles. The van der Waals surface area contributed by atoms with Crippen molar-refractivity contribution in [2.45, 2.75) is 38.5 Å². The second-order valence-electron chi connectivity index (χ2n) is 6.84. The van der Waals surface area contributed by atoms with Crippen molar-refractivity contribution >= 4 is 17.6 Å². The Morgan fingerprint density at radius 3 is 2.20 bits per heavy atom. The van der Waals surface area contributed by atoms with Gasteiger partial charge in [0.2, 0.25) is 5.91 Å². The zero-order valence-corrected chi connectivity index (χ0v) is 14.2. The highest BCUT2D eigenvalue weighted by atomic mass is 16.4. The summed E-state index contributed by atoms with van der Waals surface area (Å²) in [7, 11) is 0. The van der Waals surface area contributed by atoms with Gasteiger partial charge in [0.15, 0.2) is 0 Å². The van der Waals surface area contributed by atoms with E-state index in [1.807, 2.05) is 42.5 Å². The largest absolute Gasteiger partial charge is 0.481 e. The van der Waals surface area contributed by atoms with Crippen molar-refractivity contribution in [3.05, 3.63) is 65.7 Å². The van der Waals surface area contributed by atoms with E-state index in [-0.39, 0.29) is 17.7 Å². The molecule has 2 N–H and O–H groups in total. The maximum Gasteiger partial charge on any atom is 0.303 e. The number of aryl methyl sites for hydroxylation is 1. The van der Waals surface area contributed by atoms with E-state index in [9.17, 15) is 9.59 Å². The van der Waals surface area contributed by atoms with E-state index < -0.39 is 5.97 Å². The molecule has 130 valence electrons. The summed E-state index contributed by atoms with van der Waals surface area (Å²) in [6.07, 6.45) is 4.33. The van der Waals surface area contributed by atoms with Gasteiger partial charge in [0.05, 0.1) is 5.41 Å². The normalized spacial score (nSPS) is 15.2. The number of amides is 1. The highest BCUT2D eigenvalue weighted by Crippen LogP contribution is 2.44. The SMILES string of the molecule is O=C(O)CCc1ccc(NC(=O)C2(Cc3ccccc3)CCC2)cc1. The molecule has 0 aromatic heterocycles. The molecule has 0 spiro atoms. The first-order valence-electron chi connectivity index (χ1n) is 8.74. The first kappa shape index (κ1) is 17.2. The molecule has 3 rings (SSSR count). The van der Waals surface area contributed by atoms with Crippen LogP contribution in [0.4, 0.5) is 5.69 Å². The molecule has 0 saturated heterocycles. The van der Waals surface area contributed by atoms with Crippen LogP contribution in [0.15, 0.2) is 54.6 Å². The van der Waals surface area contributed by atoms with Crippen LogP contribution in [0.3, 0.4) is 0 Å². The monoisotopic (exact) mass is 337 g/mol.